The third-order valence-electron chi connectivity index (χ3n) is 8.61. The molecule has 2 rings (SSSR count). The maximum absolute atomic E-state index is 13.3. The molecule has 0 amide bonds. The third-order valence-corrected chi connectivity index (χ3v) is 9.77. The van der Waals surface area contributed by atoms with Crippen LogP contribution in [0.2, 0.25) is 0 Å². The van der Waals surface area contributed by atoms with Crippen molar-refractivity contribution in [3.63, 3.8) is 0 Å². The van der Waals surface area contributed by atoms with Gasteiger partial charge in [-0.05, 0) is 95.9 Å². The summed E-state index contributed by atoms with van der Waals surface area (Å²) < 4.78 is 3.60. The van der Waals surface area contributed by atoms with E-state index in [0.29, 0.717) is 12.8 Å². The van der Waals surface area contributed by atoms with Gasteiger partial charge in [0.15, 0.2) is 0 Å². The SMILES string of the molecule is CCCCc1ccc(CC)c(C(O)(c2c(CC)ccc(CCCC)c2CC)C(CO)(CO)CO)c1CC.OP(O)OP(O)O. The first-order valence-corrected chi connectivity index (χ1v) is 18.2. The van der Waals surface area contributed by atoms with Gasteiger partial charge in [-0.25, -0.2) is 4.31 Å². The lowest BCUT2D eigenvalue weighted by Gasteiger charge is -2.48. The fourth-order valence-electron chi connectivity index (χ4n) is 6.19. The second-order valence-electron chi connectivity index (χ2n) is 11.1. The van der Waals surface area contributed by atoms with Crippen LogP contribution in [0.5, 0.6) is 0 Å². The largest absolute Gasteiger partial charge is 0.395 e. The minimum Gasteiger partial charge on any atom is -0.395 e. The summed E-state index contributed by atoms with van der Waals surface area (Å²) in [6.45, 7) is 11.2. The topological polar surface area (TPSA) is 171 Å². The van der Waals surface area contributed by atoms with Gasteiger partial charge in [-0.15, -0.1) is 0 Å². The lowest BCUT2D eigenvalue weighted by Crippen LogP contribution is -2.56. The molecule has 9 nitrogen and oxygen atoms in total. The maximum Gasteiger partial charge on any atom is 0.334 e. The molecule has 0 aliphatic carbocycles. The molecule has 0 saturated heterocycles. The highest BCUT2D eigenvalue weighted by molar-refractivity contribution is 7.53. The average molecular weight is 659 g/mol. The molecule has 0 heterocycles. The van der Waals surface area contributed by atoms with Crippen LogP contribution in [0.4, 0.5) is 0 Å². The van der Waals surface area contributed by atoms with Crippen LogP contribution in [0, 0.1) is 5.41 Å². The van der Waals surface area contributed by atoms with Crippen molar-refractivity contribution >= 4 is 17.2 Å². The van der Waals surface area contributed by atoms with Crippen molar-refractivity contribution in [2.45, 2.75) is 111 Å². The van der Waals surface area contributed by atoms with Crippen molar-refractivity contribution in [2.24, 2.45) is 5.41 Å². The van der Waals surface area contributed by atoms with Gasteiger partial charge in [-0.2, -0.15) is 0 Å². The smallest absolute Gasteiger partial charge is 0.334 e. The summed E-state index contributed by atoms with van der Waals surface area (Å²) in [7, 11) is -5.22. The van der Waals surface area contributed by atoms with E-state index in [2.05, 4.69) is 70.1 Å². The summed E-state index contributed by atoms with van der Waals surface area (Å²) in [5, 5.41) is 45.8. The monoisotopic (exact) mass is 658 g/mol. The van der Waals surface area contributed by atoms with E-state index in [1.807, 2.05) is 0 Å². The summed E-state index contributed by atoms with van der Waals surface area (Å²) in [6.07, 6.45) is 8.93. The number of aliphatic hydroxyl groups excluding tert-OH is 3. The summed E-state index contributed by atoms with van der Waals surface area (Å²) in [5.41, 5.74) is 4.82. The molecule has 44 heavy (non-hydrogen) atoms. The molecule has 2 aromatic rings. The van der Waals surface area contributed by atoms with E-state index in [4.69, 9.17) is 19.6 Å². The highest BCUT2D eigenvalue weighted by Crippen LogP contribution is 2.51. The fraction of sp³-hybridized carbons (Fsp3) is 0.636. The van der Waals surface area contributed by atoms with Crippen LogP contribution < -0.4 is 0 Å². The van der Waals surface area contributed by atoms with Crippen LogP contribution in [0.1, 0.15) is 112 Å². The molecule has 252 valence electrons. The zero-order chi connectivity index (χ0) is 33.5. The van der Waals surface area contributed by atoms with Gasteiger partial charge in [0, 0.05) is 0 Å². The summed E-state index contributed by atoms with van der Waals surface area (Å²) in [6, 6.07) is 8.60. The highest BCUT2D eigenvalue weighted by Gasteiger charge is 2.55. The molecule has 0 saturated carbocycles. The molecule has 0 unspecified atom stereocenters. The van der Waals surface area contributed by atoms with E-state index in [9.17, 15) is 20.4 Å². The minimum absolute atomic E-state index is 0.534. The van der Waals surface area contributed by atoms with Crippen LogP contribution in [0.25, 0.3) is 0 Å². The number of hydrogen-bond acceptors (Lipinski definition) is 9. The molecular weight excluding hydrogens is 602 g/mol. The first kappa shape index (κ1) is 41.0. The number of aryl methyl sites for hydroxylation is 4. The van der Waals surface area contributed by atoms with E-state index in [1.54, 1.807) is 0 Å². The van der Waals surface area contributed by atoms with Crippen molar-refractivity contribution in [3.05, 3.63) is 68.8 Å². The Labute approximate surface area is 266 Å². The Balaban J connectivity index is 0.00000123. The van der Waals surface area contributed by atoms with E-state index in [-0.39, 0.29) is 0 Å². The molecule has 0 aliphatic heterocycles. The average Bonchev–Trinajstić information content (AvgIpc) is 3.02. The van der Waals surface area contributed by atoms with Gasteiger partial charge in [-0.1, -0.05) is 78.6 Å². The Morgan fingerprint density at radius 2 is 0.909 bits per heavy atom. The van der Waals surface area contributed by atoms with Crippen LogP contribution in [-0.4, -0.2) is 59.8 Å². The Hall–Kier alpha value is -1.06. The fourth-order valence-corrected chi connectivity index (χ4v) is 6.72. The maximum atomic E-state index is 13.3. The quantitative estimate of drug-likeness (QED) is 0.0997. The van der Waals surface area contributed by atoms with E-state index < -0.39 is 48.0 Å². The predicted octanol–water partition coefficient (Wildman–Crippen LogP) is 5.25. The zero-order valence-corrected chi connectivity index (χ0v) is 29.2. The normalized spacial score (nSPS) is 12.2. The van der Waals surface area contributed by atoms with Crippen molar-refractivity contribution in [3.8, 4) is 0 Å². The van der Waals surface area contributed by atoms with Gasteiger partial charge in [0.25, 0.3) is 0 Å². The number of unbranched alkanes of at least 4 members (excludes halogenated alkanes) is 2. The van der Waals surface area contributed by atoms with Crippen molar-refractivity contribution in [2.75, 3.05) is 19.8 Å². The molecule has 11 heteroatoms. The number of rotatable bonds is 18. The Morgan fingerprint density at radius 1 is 0.568 bits per heavy atom. The predicted molar refractivity (Wildman–Crippen MR) is 178 cm³/mol. The van der Waals surface area contributed by atoms with Crippen molar-refractivity contribution < 1.29 is 44.3 Å². The van der Waals surface area contributed by atoms with Gasteiger partial charge in [0.1, 0.15) is 5.60 Å². The van der Waals surface area contributed by atoms with Gasteiger partial charge in [0.05, 0.1) is 25.2 Å². The zero-order valence-electron chi connectivity index (χ0n) is 27.4. The molecule has 0 aliphatic rings. The van der Waals surface area contributed by atoms with Gasteiger partial charge >= 0.3 is 17.2 Å². The number of hydrogen-bond donors (Lipinski definition) is 8. The first-order chi connectivity index (χ1) is 21.0. The van der Waals surface area contributed by atoms with Crippen LogP contribution in [0.15, 0.2) is 24.3 Å². The van der Waals surface area contributed by atoms with Gasteiger partial charge in [-0.3, -0.25) is 0 Å². The first-order valence-electron chi connectivity index (χ1n) is 15.8. The van der Waals surface area contributed by atoms with Crippen molar-refractivity contribution in [1.82, 2.24) is 0 Å². The summed E-state index contributed by atoms with van der Waals surface area (Å²) >= 11 is 0. The standard InChI is InChI=1S/C33H52O4.H4O5P2/c1-7-13-15-26-19-17-24(9-3)30(28(26)11-5)33(37,32(21-34,22-35)23-36)31-25(10-4)18-20-27(16-14-8-2)29(31)12-6;1-6(2)5-7(3)4/h17-20,34-37H,7-16,21-23H2,1-6H3;1-4H. The molecule has 0 radical (unpaired) electrons. The van der Waals surface area contributed by atoms with Gasteiger partial charge < -0.3 is 40.0 Å². The Bertz CT molecular complexity index is 1040. The van der Waals surface area contributed by atoms with E-state index in [1.165, 1.54) is 11.1 Å². The lowest BCUT2D eigenvalue weighted by molar-refractivity contribution is -0.137. The highest BCUT2D eigenvalue weighted by atomic mass is 31.2. The van der Waals surface area contributed by atoms with Crippen LogP contribution >= 0.6 is 17.2 Å². The molecule has 2 aromatic carbocycles. The Morgan fingerprint density at radius 3 is 1.14 bits per heavy atom. The van der Waals surface area contributed by atoms with Gasteiger partial charge in [0.2, 0.25) is 0 Å². The third kappa shape index (κ3) is 9.49. The van der Waals surface area contributed by atoms with Crippen molar-refractivity contribution in [1.29, 1.82) is 0 Å². The lowest BCUT2D eigenvalue weighted by atomic mass is 9.60. The molecule has 0 spiro atoms. The molecular formula is C33H56O9P2. The van der Waals surface area contributed by atoms with E-state index >= 15 is 0 Å². The molecule has 0 fully saturated rings. The summed E-state index contributed by atoms with van der Waals surface area (Å²) in [4.78, 5) is 31.3. The van der Waals surface area contributed by atoms with Crippen LogP contribution in [-0.2, 0) is 48.4 Å². The number of aliphatic hydroxyl groups is 4. The Kier molecular flexibility index (Phi) is 18.8. The molecule has 0 aromatic heterocycles. The van der Waals surface area contributed by atoms with E-state index in [0.717, 1.165) is 84.7 Å². The molecule has 0 bridgehead atoms. The second kappa shape index (κ2) is 20.2. The second-order valence-corrected chi connectivity index (χ2v) is 12.8. The molecule has 8 N–H and O–H groups in total. The number of benzene rings is 2. The summed E-state index contributed by atoms with van der Waals surface area (Å²) in [5.74, 6) is 0. The van der Waals surface area contributed by atoms with Crippen LogP contribution in [0.3, 0.4) is 0 Å². The molecule has 0 atom stereocenters. The minimum atomic E-state index is -2.61.